The molecule has 0 aliphatic carbocycles. The molecule has 0 atom stereocenters. The molecule has 0 amide bonds. The van der Waals surface area contributed by atoms with Gasteiger partial charge < -0.3 is 5.32 Å². The minimum atomic E-state index is -0.443. The molecule has 0 saturated carbocycles. The molecule has 0 saturated heterocycles. The van der Waals surface area contributed by atoms with Crippen molar-refractivity contribution in [2.24, 2.45) is 0 Å². The maximum absolute atomic E-state index is 13.0. The van der Waals surface area contributed by atoms with E-state index in [4.69, 9.17) is 22.1 Å². The van der Waals surface area contributed by atoms with Gasteiger partial charge in [-0.2, -0.15) is 10.5 Å². The first-order chi connectivity index (χ1) is 11.0. The van der Waals surface area contributed by atoms with Crippen molar-refractivity contribution in [3.05, 3.63) is 76.2 Å². The summed E-state index contributed by atoms with van der Waals surface area (Å²) in [6.45, 7) is 0. The van der Waals surface area contributed by atoms with Crippen LogP contribution in [0.3, 0.4) is 0 Å². The van der Waals surface area contributed by atoms with E-state index in [2.05, 4.69) is 5.32 Å². The second-order valence-corrected chi connectivity index (χ2v) is 4.89. The number of allylic oxidation sites excluding steroid dienone is 1. The van der Waals surface area contributed by atoms with Crippen LogP contribution in [-0.4, -0.2) is 5.78 Å². The first kappa shape index (κ1) is 16.2. The number of hydrogen-bond acceptors (Lipinski definition) is 4. The molecule has 6 heteroatoms. The number of ketones is 1. The van der Waals surface area contributed by atoms with Gasteiger partial charge in [-0.3, -0.25) is 4.79 Å². The maximum Gasteiger partial charge on any atom is 0.195 e. The summed E-state index contributed by atoms with van der Waals surface area (Å²) in [4.78, 5) is 12.5. The second kappa shape index (κ2) is 7.22. The molecule has 1 N–H and O–H groups in total. The van der Waals surface area contributed by atoms with Crippen LogP contribution in [-0.2, 0) is 0 Å². The molecule has 2 rings (SSSR count). The van der Waals surface area contributed by atoms with Crippen LogP contribution < -0.4 is 5.32 Å². The fraction of sp³-hybridized carbons (Fsp3) is 0. The Morgan fingerprint density at radius 2 is 1.78 bits per heavy atom. The number of nitrogens with zero attached hydrogens (tertiary/aromatic N) is 2. The number of rotatable bonds is 4. The van der Waals surface area contributed by atoms with Crippen LogP contribution in [0.25, 0.3) is 0 Å². The summed E-state index contributed by atoms with van der Waals surface area (Å²) < 4.78 is 13.0. The maximum atomic E-state index is 13.0. The SMILES string of the molecule is N#CC(C#N)=CNc1ccc(Cl)cc1C(=O)c1ccc(F)cc1. The molecule has 0 aliphatic rings. The molecule has 112 valence electrons. The van der Waals surface area contributed by atoms with E-state index in [0.29, 0.717) is 16.3 Å². The predicted molar refractivity (Wildman–Crippen MR) is 84.2 cm³/mol. The normalized spacial score (nSPS) is 9.39. The van der Waals surface area contributed by atoms with Gasteiger partial charge in [0.15, 0.2) is 5.78 Å². The van der Waals surface area contributed by atoms with E-state index < -0.39 is 5.82 Å². The highest BCUT2D eigenvalue weighted by Gasteiger charge is 2.14. The van der Waals surface area contributed by atoms with E-state index in [1.54, 1.807) is 24.3 Å². The van der Waals surface area contributed by atoms with Crippen LogP contribution >= 0.6 is 11.6 Å². The van der Waals surface area contributed by atoms with Crippen LogP contribution in [0.2, 0.25) is 5.02 Å². The van der Waals surface area contributed by atoms with Gasteiger partial charge in [0.05, 0.1) is 0 Å². The molecule has 0 heterocycles. The van der Waals surface area contributed by atoms with Crippen molar-refractivity contribution in [1.82, 2.24) is 0 Å². The number of nitriles is 2. The van der Waals surface area contributed by atoms with Crippen molar-refractivity contribution in [2.45, 2.75) is 0 Å². The molecule has 0 radical (unpaired) electrons. The van der Waals surface area contributed by atoms with Crippen LogP contribution in [0, 0.1) is 28.5 Å². The summed E-state index contributed by atoms with van der Waals surface area (Å²) in [5.41, 5.74) is 0.781. The molecule has 23 heavy (non-hydrogen) atoms. The summed E-state index contributed by atoms with van der Waals surface area (Å²) in [7, 11) is 0. The quantitative estimate of drug-likeness (QED) is 0.679. The molecule has 0 fully saturated rings. The monoisotopic (exact) mass is 325 g/mol. The molecular formula is C17H9ClFN3O. The Balaban J connectivity index is 2.41. The molecule has 0 bridgehead atoms. The lowest BCUT2D eigenvalue weighted by atomic mass is 10.0. The van der Waals surface area contributed by atoms with Crippen molar-refractivity contribution in [2.75, 3.05) is 5.32 Å². The lowest BCUT2D eigenvalue weighted by Crippen LogP contribution is -2.05. The summed E-state index contributed by atoms with van der Waals surface area (Å²) in [5.74, 6) is -0.805. The molecule has 2 aromatic carbocycles. The molecule has 0 aromatic heterocycles. The number of carbonyl (C=O) groups is 1. The Bertz CT molecular complexity index is 845. The number of hydrogen-bond donors (Lipinski definition) is 1. The van der Waals surface area contributed by atoms with Gasteiger partial charge in [0.2, 0.25) is 0 Å². The van der Waals surface area contributed by atoms with E-state index in [-0.39, 0.29) is 16.9 Å². The Morgan fingerprint density at radius 1 is 1.13 bits per heavy atom. The first-order valence-electron chi connectivity index (χ1n) is 6.42. The fourth-order valence-electron chi connectivity index (χ4n) is 1.83. The molecule has 4 nitrogen and oxygen atoms in total. The van der Waals surface area contributed by atoms with E-state index in [1.807, 2.05) is 0 Å². The fourth-order valence-corrected chi connectivity index (χ4v) is 2.00. The number of nitrogens with one attached hydrogen (secondary N) is 1. The van der Waals surface area contributed by atoms with Crippen molar-refractivity contribution < 1.29 is 9.18 Å². The smallest absolute Gasteiger partial charge is 0.195 e. The Labute approximate surface area is 137 Å². The Kier molecular flexibility index (Phi) is 5.09. The molecule has 2 aromatic rings. The zero-order valence-electron chi connectivity index (χ0n) is 11.7. The third-order valence-electron chi connectivity index (χ3n) is 2.95. The average molecular weight is 326 g/mol. The lowest BCUT2D eigenvalue weighted by Gasteiger charge is -2.09. The van der Waals surface area contributed by atoms with Gasteiger partial charge in [-0.1, -0.05) is 11.6 Å². The first-order valence-corrected chi connectivity index (χ1v) is 6.79. The topological polar surface area (TPSA) is 76.7 Å². The van der Waals surface area contributed by atoms with E-state index in [9.17, 15) is 9.18 Å². The summed E-state index contributed by atoms with van der Waals surface area (Å²) in [6, 6.07) is 13.1. The second-order valence-electron chi connectivity index (χ2n) is 4.45. The minimum absolute atomic E-state index is 0.139. The van der Waals surface area contributed by atoms with Gasteiger partial charge in [-0.15, -0.1) is 0 Å². The minimum Gasteiger partial charge on any atom is -0.359 e. The number of halogens is 2. The van der Waals surface area contributed by atoms with E-state index in [1.165, 1.54) is 36.5 Å². The van der Waals surface area contributed by atoms with Crippen LogP contribution in [0.1, 0.15) is 15.9 Å². The van der Waals surface area contributed by atoms with E-state index >= 15 is 0 Å². The number of benzene rings is 2. The van der Waals surface area contributed by atoms with Crippen LogP contribution in [0.5, 0.6) is 0 Å². The third-order valence-corrected chi connectivity index (χ3v) is 3.18. The van der Waals surface area contributed by atoms with Gasteiger partial charge in [0, 0.05) is 28.0 Å². The molecular weight excluding hydrogens is 317 g/mol. The summed E-state index contributed by atoms with van der Waals surface area (Å²) in [5, 5.41) is 20.5. The van der Waals surface area contributed by atoms with Gasteiger partial charge >= 0.3 is 0 Å². The highest BCUT2D eigenvalue weighted by atomic mass is 35.5. The number of carbonyl (C=O) groups excluding carboxylic acids is 1. The third kappa shape index (κ3) is 3.94. The zero-order valence-corrected chi connectivity index (χ0v) is 12.4. The highest BCUT2D eigenvalue weighted by Crippen LogP contribution is 2.24. The molecule has 0 unspecified atom stereocenters. The number of anilines is 1. The van der Waals surface area contributed by atoms with Gasteiger partial charge in [-0.25, -0.2) is 4.39 Å². The van der Waals surface area contributed by atoms with Crippen molar-refractivity contribution >= 4 is 23.1 Å². The van der Waals surface area contributed by atoms with Crippen molar-refractivity contribution in [3.63, 3.8) is 0 Å². The van der Waals surface area contributed by atoms with Crippen molar-refractivity contribution in [1.29, 1.82) is 10.5 Å². The van der Waals surface area contributed by atoms with Gasteiger partial charge in [0.25, 0.3) is 0 Å². The summed E-state index contributed by atoms with van der Waals surface area (Å²) in [6.07, 6.45) is 1.20. The van der Waals surface area contributed by atoms with Crippen molar-refractivity contribution in [3.8, 4) is 12.1 Å². The average Bonchev–Trinajstić information content (AvgIpc) is 2.57. The van der Waals surface area contributed by atoms with Gasteiger partial charge in [-0.05, 0) is 42.5 Å². The van der Waals surface area contributed by atoms with Crippen LogP contribution in [0.15, 0.2) is 54.2 Å². The standard InChI is InChI=1S/C17H9ClFN3O/c18-13-3-6-16(22-10-11(8-20)9-21)15(7-13)17(23)12-1-4-14(19)5-2-12/h1-7,10,22H. The zero-order chi connectivity index (χ0) is 16.8. The molecule has 0 spiro atoms. The lowest BCUT2D eigenvalue weighted by molar-refractivity contribution is 0.103. The van der Waals surface area contributed by atoms with Crippen LogP contribution in [0.4, 0.5) is 10.1 Å². The van der Waals surface area contributed by atoms with Gasteiger partial charge in [0.1, 0.15) is 23.5 Å². The Morgan fingerprint density at radius 3 is 2.39 bits per heavy atom. The highest BCUT2D eigenvalue weighted by molar-refractivity contribution is 6.31. The van der Waals surface area contributed by atoms with E-state index in [0.717, 1.165) is 0 Å². The largest absolute Gasteiger partial charge is 0.359 e. The summed E-state index contributed by atoms with van der Waals surface area (Å²) >= 11 is 5.93. The predicted octanol–water partition coefficient (Wildman–Crippen LogP) is 4.05. The Hall–Kier alpha value is -3.15. The molecule has 0 aliphatic heterocycles.